The second-order valence-corrected chi connectivity index (χ2v) is 10.0. The van der Waals surface area contributed by atoms with Gasteiger partial charge in [-0.25, -0.2) is 0 Å². The van der Waals surface area contributed by atoms with Crippen LogP contribution >= 0.6 is 0 Å². The second-order valence-electron chi connectivity index (χ2n) is 5.26. The Labute approximate surface area is 107 Å². The van der Waals surface area contributed by atoms with Gasteiger partial charge in [0.25, 0.3) is 0 Å². The molecule has 0 atom stereocenters. The Balaban J connectivity index is 2.01. The average molecular weight is 247 g/mol. The predicted octanol–water partition coefficient (Wildman–Crippen LogP) is 2.81. The Kier molecular flexibility index (Phi) is 2.94. The van der Waals surface area contributed by atoms with Gasteiger partial charge in [-0.05, 0) is 11.1 Å². The molecule has 0 fully saturated rings. The van der Waals surface area contributed by atoms with Crippen molar-refractivity contribution in [2.24, 2.45) is 0 Å². The Morgan fingerprint density at radius 2 is 1.88 bits per heavy atom. The lowest BCUT2D eigenvalue weighted by Gasteiger charge is -2.12. The van der Waals surface area contributed by atoms with E-state index in [9.17, 15) is 0 Å². The summed E-state index contributed by atoms with van der Waals surface area (Å²) in [6, 6.07) is 8.06. The zero-order valence-electron chi connectivity index (χ0n) is 12.6. The van der Waals surface area contributed by atoms with Crippen molar-refractivity contribution in [3.05, 3.63) is 35.4 Å². The predicted molar refractivity (Wildman–Crippen MR) is 72.8 cm³/mol. The fraction of sp³-hybridized carbons (Fsp3) is 0.429. The lowest BCUT2D eigenvalue weighted by Crippen LogP contribution is -2.19. The van der Waals surface area contributed by atoms with E-state index in [1.807, 2.05) is 24.3 Å². The van der Waals surface area contributed by atoms with E-state index < -0.39 is 14.6 Å². The number of benzene rings is 1. The molecule has 0 N–H and O–H groups in total. The molecule has 0 spiro atoms. The highest BCUT2D eigenvalue weighted by molar-refractivity contribution is 6.83. The maximum atomic E-state index is 7.83. The number of fused-ring (bicyclic) bond motifs is 1. The molecule has 3 heteroatoms. The zero-order chi connectivity index (χ0) is 14.1. The minimum Gasteiger partial charge on any atom is -0.285 e. The molecule has 0 aromatic heterocycles. The molecule has 0 bridgehead atoms. The highest BCUT2D eigenvalue weighted by Crippen LogP contribution is 2.21. The number of hydrogen-bond acceptors (Lipinski definition) is 2. The maximum absolute atomic E-state index is 7.83. The number of nitrogens with zero attached hydrogens (tertiary/aromatic N) is 1. The molecule has 1 aromatic rings. The quantitative estimate of drug-likeness (QED) is 0.588. The van der Waals surface area contributed by atoms with Gasteiger partial charge in [-0.1, -0.05) is 49.8 Å². The van der Waals surface area contributed by atoms with E-state index in [1.165, 1.54) is 11.1 Å². The van der Waals surface area contributed by atoms with Gasteiger partial charge in [0, 0.05) is 13.1 Å². The van der Waals surface area contributed by atoms with Crippen molar-refractivity contribution in [3.63, 3.8) is 0 Å². The molecule has 2 rings (SSSR count). The van der Waals surface area contributed by atoms with Crippen LogP contribution in [0.5, 0.6) is 0 Å². The Morgan fingerprint density at radius 1 is 1.29 bits per heavy atom. The fourth-order valence-corrected chi connectivity index (χ4v) is 2.09. The third-order valence-corrected chi connectivity index (χ3v) is 3.35. The van der Waals surface area contributed by atoms with Gasteiger partial charge in [0.05, 0.1) is 2.74 Å². The van der Waals surface area contributed by atoms with Crippen LogP contribution in [-0.2, 0) is 17.9 Å². The smallest absolute Gasteiger partial charge is 0.129 e. The number of rotatable bonds is 2. The molecular weight excluding hydrogens is 226 g/mol. The molecular formula is C14H19NOSi. The van der Waals surface area contributed by atoms with Crippen LogP contribution in [0.2, 0.25) is 19.6 Å². The first-order valence-corrected chi connectivity index (χ1v) is 9.30. The number of hydroxylamine groups is 2. The first-order valence-electron chi connectivity index (χ1n) is 6.80. The normalized spacial score (nSPS) is 17.8. The topological polar surface area (TPSA) is 12.5 Å². The van der Waals surface area contributed by atoms with Crippen molar-refractivity contribution in [2.45, 2.75) is 32.7 Å². The van der Waals surface area contributed by atoms with Crippen LogP contribution < -0.4 is 0 Å². The van der Waals surface area contributed by atoms with Crippen LogP contribution in [0.15, 0.2) is 24.3 Å². The van der Waals surface area contributed by atoms with Gasteiger partial charge in [-0.3, -0.25) is 4.84 Å². The van der Waals surface area contributed by atoms with Gasteiger partial charge in [0.2, 0.25) is 0 Å². The van der Waals surface area contributed by atoms with Gasteiger partial charge < -0.3 is 0 Å². The Hall–Kier alpha value is -1.08. The molecule has 0 saturated carbocycles. The summed E-state index contributed by atoms with van der Waals surface area (Å²) in [6.07, 6.45) is 0. The van der Waals surface area contributed by atoms with Crippen LogP contribution in [0.1, 0.15) is 13.9 Å². The molecule has 17 heavy (non-hydrogen) atoms. The van der Waals surface area contributed by atoms with Crippen molar-refractivity contribution in [2.75, 3.05) is 6.56 Å². The summed E-state index contributed by atoms with van der Waals surface area (Å²) < 4.78 is 15.7. The van der Waals surface area contributed by atoms with Gasteiger partial charge >= 0.3 is 0 Å². The van der Waals surface area contributed by atoms with Crippen LogP contribution in [0.3, 0.4) is 0 Å². The summed E-state index contributed by atoms with van der Waals surface area (Å²) in [4.78, 5) is 5.39. The first kappa shape index (κ1) is 9.90. The van der Waals surface area contributed by atoms with E-state index in [0.29, 0.717) is 13.1 Å². The van der Waals surface area contributed by atoms with Gasteiger partial charge in [-0.15, -0.1) is 5.54 Å². The largest absolute Gasteiger partial charge is 0.285 e. The molecule has 2 nitrogen and oxygen atoms in total. The summed E-state index contributed by atoms with van der Waals surface area (Å²) in [6.45, 7) is 5.57. The van der Waals surface area contributed by atoms with Crippen molar-refractivity contribution in [3.8, 4) is 11.5 Å². The zero-order valence-corrected chi connectivity index (χ0v) is 11.6. The summed E-state index contributed by atoms with van der Waals surface area (Å²) in [5, 5.41) is 1.64. The van der Waals surface area contributed by atoms with Gasteiger partial charge in [0.1, 0.15) is 14.6 Å². The van der Waals surface area contributed by atoms with E-state index in [-0.39, 0.29) is 0 Å². The van der Waals surface area contributed by atoms with E-state index in [0.717, 1.165) is 0 Å². The van der Waals surface area contributed by atoms with E-state index in [2.05, 4.69) is 31.1 Å². The molecule has 0 radical (unpaired) electrons. The number of hydrogen-bond donors (Lipinski definition) is 0. The van der Waals surface area contributed by atoms with Crippen molar-refractivity contribution < 1.29 is 7.58 Å². The van der Waals surface area contributed by atoms with Crippen molar-refractivity contribution in [1.29, 1.82) is 0 Å². The van der Waals surface area contributed by atoms with E-state index in [4.69, 9.17) is 7.58 Å². The molecule has 1 aliphatic rings. The first-order chi connectivity index (χ1) is 8.75. The molecule has 1 aromatic carbocycles. The lowest BCUT2D eigenvalue weighted by atomic mass is 10.1. The minimum absolute atomic E-state index is 0.615. The monoisotopic (exact) mass is 247 g/mol. The Bertz CT molecular complexity index is 503. The second kappa shape index (κ2) is 5.05. The van der Waals surface area contributed by atoms with Crippen LogP contribution in [0.25, 0.3) is 0 Å². The molecule has 0 aliphatic carbocycles. The van der Waals surface area contributed by atoms with Crippen molar-refractivity contribution >= 4 is 8.07 Å². The standard InChI is InChI=1S/C14H19NOSi/c1-17(2,3)10-6-9-16-15-11-13-7-4-5-8-14(13)12-15/h4-5,7-8H,9,11-12H2,1-3H3/i9D2. The van der Waals surface area contributed by atoms with Crippen LogP contribution in [0.4, 0.5) is 0 Å². The highest BCUT2D eigenvalue weighted by Gasteiger charge is 2.18. The third kappa shape index (κ3) is 3.71. The fourth-order valence-electron chi connectivity index (χ4n) is 1.67. The molecule has 1 aliphatic heterocycles. The maximum Gasteiger partial charge on any atom is 0.129 e. The van der Waals surface area contributed by atoms with Gasteiger partial charge in [-0.2, -0.15) is 5.06 Å². The SMILES string of the molecule is [2H]C([2H])(C#C[Si](C)(C)C)ON1Cc2ccccc2C1. The summed E-state index contributed by atoms with van der Waals surface area (Å²) in [5.74, 6) is 2.63. The summed E-state index contributed by atoms with van der Waals surface area (Å²) >= 11 is 0. The van der Waals surface area contributed by atoms with Crippen LogP contribution in [-0.4, -0.2) is 19.7 Å². The Morgan fingerprint density at radius 3 is 2.41 bits per heavy atom. The third-order valence-electron chi connectivity index (χ3n) is 2.48. The molecule has 1 heterocycles. The molecule has 0 amide bonds. The van der Waals surface area contributed by atoms with Crippen molar-refractivity contribution in [1.82, 2.24) is 5.06 Å². The highest BCUT2D eigenvalue weighted by atomic mass is 28.3. The summed E-state index contributed by atoms with van der Waals surface area (Å²) in [5.41, 5.74) is 5.40. The summed E-state index contributed by atoms with van der Waals surface area (Å²) in [7, 11) is -1.59. The van der Waals surface area contributed by atoms with Gasteiger partial charge in [0.15, 0.2) is 0 Å². The lowest BCUT2D eigenvalue weighted by molar-refractivity contribution is -0.152. The van der Waals surface area contributed by atoms with E-state index >= 15 is 0 Å². The van der Waals surface area contributed by atoms with Crippen LogP contribution in [0, 0.1) is 11.5 Å². The molecule has 0 unspecified atom stereocenters. The minimum atomic E-state index is -1.91. The molecule has 0 saturated heterocycles. The molecule has 90 valence electrons. The van der Waals surface area contributed by atoms with E-state index in [1.54, 1.807) is 5.06 Å². The average Bonchev–Trinajstić information content (AvgIpc) is 2.66.